The van der Waals surface area contributed by atoms with Gasteiger partial charge in [0.15, 0.2) is 5.11 Å². The molecule has 0 radical (unpaired) electrons. The predicted molar refractivity (Wildman–Crippen MR) is 135 cm³/mol. The van der Waals surface area contributed by atoms with Crippen molar-refractivity contribution in [3.8, 4) is 11.5 Å². The van der Waals surface area contributed by atoms with Crippen molar-refractivity contribution in [3.63, 3.8) is 0 Å². The Hall–Kier alpha value is -3.82. The highest BCUT2D eigenvalue weighted by atomic mass is 79.9. The number of anilines is 1. The Morgan fingerprint density at radius 1 is 0.941 bits per heavy atom. The van der Waals surface area contributed by atoms with Crippen LogP contribution in [0.2, 0.25) is 0 Å². The summed E-state index contributed by atoms with van der Waals surface area (Å²) in [7, 11) is 1.54. The van der Waals surface area contributed by atoms with Crippen molar-refractivity contribution in [1.29, 1.82) is 0 Å². The molecule has 1 aliphatic heterocycles. The van der Waals surface area contributed by atoms with Gasteiger partial charge >= 0.3 is 5.97 Å². The van der Waals surface area contributed by atoms with Gasteiger partial charge in [0.2, 0.25) is 0 Å². The molecule has 34 heavy (non-hydrogen) atoms. The number of ether oxygens (including phenoxy) is 2. The first-order chi connectivity index (χ1) is 16.4. The lowest BCUT2D eigenvalue weighted by Gasteiger charge is -2.29. The van der Waals surface area contributed by atoms with E-state index in [2.05, 4.69) is 21.2 Å². The number of esters is 1. The highest BCUT2D eigenvalue weighted by molar-refractivity contribution is 9.10. The molecule has 1 N–H and O–H groups in total. The minimum atomic E-state index is -0.592. The van der Waals surface area contributed by atoms with Crippen molar-refractivity contribution in [2.45, 2.75) is 0 Å². The molecule has 0 aliphatic carbocycles. The molecule has 170 valence electrons. The van der Waals surface area contributed by atoms with Crippen LogP contribution in [0.1, 0.15) is 15.9 Å². The number of carbonyl (C=O) groups is 3. The molecule has 3 aromatic carbocycles. The number of nitrogens with one attached hydrogen (secondary N) is 1. The predicted octanol–water partition coefficient (Wildman–Crippen LogP) is 4.51. The van der Waals surface area contributed by atoms with Crippen LogP contribution in [0.5, 0.6) is 11.5 Å². The Kier molecular flexibility index (Phi) is 6.85. The van der Waals surface area contributed by atoms with E-state index in [1.165, 1.54) is 11.0 Å². The molecule has 3 aromatic rings. The van der Waals surface area contributed by atoms with E-state index in [0.29, 0.717) is 28.3 Å². The standard InChI is InChI=1S/C25H17BrN2O5S/c1-32-19-12-8-18(9-13-19)28-23(30)21(22(29)27-25(28)34)14-15-2-10-20(11-3-15)33-24(31)16-4-6-17(26)7-5-16/h2-14H,1H3,(H,27,29,34)/b21-14-. The van der Waals surface area contributed by atoms with Crippen LogP contribution >= 0.6 is 28.1 Å². The van der Waals surface area contributed by atoms with E-state index >= 15 is 0 Å². The molecule has 1 heterocycles. The summed E-state index contributed by atoms with van der Waals surface area (Å²) in [6.07, 6.45) is 1.45. The van der Waals surface area contributed by atoms with E-state index in [1.807, 2.05) is 0 Å². The molecule has 7 nitrogen and oxygen atoms in total. The van der Waals surface area contributed by atoms with Gasteiger partial charge in [-0.25, -0.2) is 4.79 Å². The second-order valence-corrected chi connectivity index (χ2v) is 8.42. The maximum Gasteiger partial charge on any atom is 0.343 e. The van der Waals surface area contributed by atoms with Gasteiger partial charge in [0.25, 0.3) is 11.8 Å². The Morgan fingerprint density at radius 2 is 1.56 bits per heavy atom. The normalized spacial score (nSPS) is 14.7. The van der Waals surface area contributed by atoms with E-state index in [0.717, 1.165) is 4.47 Å². The lowest BCUT2D eigenvalue weighted by atomic mass is 10.1. The summed E-state index contributed by atoms with van der Waals surface area (Å²) in [5.74, 6) is -0.686. The summed E-state index contributed by atoms with van der Waals surface area (Å²) >= 11 is 8.53. The Morgan fingerprint density at radius 3 is 2.18 bits per heavy atom. The number of rotatable bonds is 5. The summed E-state index contributed by atoms with van der Waals surface area (Å²) in [4.78, 5) is 39.1. The number of hydrogen-bond acceptors (Lipinski definition) is 6. The number of hydrogen-bond donors (Lipinski definition) is 1. The van der Waals surface area contributed by atoms with Gasteiger partial charge in [-0.15, -0.1) is 0 Å². The smallest absolute Gasteiger partial charge is 0.343 e. The van der Waals surface area contributed by atoms with Gasteiger partial charge in [0.05, 0.1) is 18.4 Å². The van der Waals surface area contributed by atoms with Crippen LogP contribution < -0.4 is 19.7 Å². The van der Waals surface area contributed by atoms with Gasteiger partial charge in [-0.3, -0.25) is 19.8 Å². The number of benzene rings is 3. The molecule has 1 fully saturated rings. The van der Waals surface area contributed by atoms with Crippen LogP contribution in [-0.4, -0.2) is 30.0 Å². The number of halogens is 1. The second-order valence-electron chi connectivity index (χ2n) is 7.12. The Balaban J connectivity index is 1.53. The number of nitrogens with zero attached hydrogens (tertiary/aromatic N) is 1. The molecule has 0 spiro atoms. The third kappa shape index (κ3) is 5.05. The number of methoxy groups -OCH3 is 1. The van der Waals surface area contributed by atoms with Crippen molar-refractivity contribution < 1.29 is 23.9 Å². The van der Waals surface area contributed by atoms with E-state index < -0.39 is 17.8 Å². The minimum Gasteiger partial charge on any atom is -0.497 e. The van der Waals surface area contributed by atoms with Crippen molar-refractivity contribution in [2.24, 2.45) is 0 Å². The molecule has 0 atom stereocenters. The zero-order valence-corrected chi connectivity index (χ0v) is 20.2. The molecule has 0 unspecified atom stereocenters. The van der Waals surface area contributed by atoms with E-state index in [4.69, 9.17) is 21.7 Å². The second kappa shape index (κ2) is 9.98. The highest BCUT2D eigenvalue weighted by Crippen LogP contribution is 2.25. The molecular weight excluding hydrogens is 520 g/mol. The molecule has 0 bridgehead atoms. The number of amides is 2. The average Bonchev–Trinajstić information content (AvgIpc) is 2.83. The van der Waals surface area contributed by atoms with Crippen LogP contribution in [0.3, 0.4) is 0 Å². The summed E-state index contributed by atoms with van der Waals surface area (Å²) < 4.78 is 11.4. The van der Waals surface area contributed by atoms with E-state index in [9.17, 15) is 14.4 Å². The first-order valence-corrected chi connectivity index (χ1v) is 11.2. The van der Waals surface area contributed by atoms with Crippen LogP contribution in [0.4, 0.5) is 5.69 Å². The molecule has 0 saturated carbocycles. The van der Waals surface area contributed by atoms with Gasteiger partial charge in [-0.05, 0) is 84.5 Å². The Labute approximate surface area is 209 Å². The molecule has 0 aromatic heterocycles. The zero-order valence-electron chi connectivity index (χ0n) is 17.8. The van der Waals surface area contributed by atoms with Crippen LogP contribution in [0.15, 0.2) is 82.8 Å². The lowest BCUT2D eigenvalue weighted by Crippen LogP contribution is -2.54. The van der Waals surface area contributed by atoms with Gasteiger partial charge < -0.3 is 9.47 Å². The summed E-state index contributed by atoms with van der Waals surface area (Å²) in [5.41, 5.74) is 1.40. The molecule has 1 aliphatic rings. The zero-order chi connectivity index (χ0) is 24.2. The molecule has 1 saturated heterocycles. The van der Waals surface area contributed by atoms with Crippen molar-refractivity contribution in [1.82, 2.24) is 5.32 Å². The molecule has 9 heteroatoms. The molecular formula is C25H17BrN2O5S. The maximum atomic E-state index is 13.1. The third-order valence-corrected chi connectivity index (χ3v) is 5.73. The van der Waals surface area contributed by atoms with Crippen molar-refractivity contribution >= 4 is 62.8 Å². The first kappa shape index (κ1) is 23.3. The summed E-state index contributed by atoms with van der Waals surface area (Å²) in [6, 6.07) is 20.0. The van der Waals surface area contributed by atoms with E-state index in [-0.39, 0.29) is 10.7 Å². The van der Waals surface area contributed by atoms with Gasteiger partial charge in [0.1, 0.15) is 17.1 Å². The van der Waals surface area contributed by atoms with Gasteiger partial charge in [-0.2, -0.15) is 0 Å². The topological polar surface area (TPSA) is 84.9 Å². The minimum absolute atomic E-state index is 0.00693. The fourth-order valence-electron chi connectivity index (χ4n) is 3.17. The van der Waals surface area contributed by atoms with Crippen molar-refractivity contribution in [2.75, 3.05) is 12.0 Å². The SMILES string of the molecule is COc1ccc(N2C(=O)/C(=C\c3ccc(OC(=O)c4ccc(Br)cc4)cc3)C(=O)NC2=S)cc1. The van der Waals surface area contributed by atoms with Gasteiger partial charge in [0, 0.05) is 4.47 Å². The summed E-state index contributed by atoms with van der Waals surface area (Å²) in [5, 5.41) is 2.54. The number of thiocarbonyl (C=S) groups is 1. The number of carbonyl (C=O) groups excluding carboxylic acids is 3. The fraction of sp³-hybridized carbons (Fsp3) is 0.0400. The third-order valence-electron chi connectivity index (χ3n) is 4.91. The summed E-state index contributed by atoms with van der Waals surface area (Å²) in [6.45, 7) is 0. The van der Waals surface area contributed by atoms with Crippen LogP contribution in [0.25, 0.3) is 6.08 Å². The maximum absolute atomic E-state index is 13.1. The monoisotopic (exact) mass is 536 g/mol. The van der Waals surface area contributed by atoms with Crippen LogP contribution in [-0.2, 0) is 9.59 Å². The molecule has 4 rings (SSSR count). The van der Waals surface area contributed by atoms with Crippen LogP contribution in [0, 0.1) is 0 Å². The van der Waals surface area contributed by atoms with Crippen molar-refractivity contribution in [3.05, 3.63) is 94.0 Å². The van der Waals surface area contributed by atoms with Gasteiger partial charge in [-0.1, -0.05) is 28.1 Å². The molecule has 2 amide bonds. The first-order valence-electron chi connectivity index (χ1n) is 9.99. The Bertz CT molecular complexity index is 1300. The quantitative estimate of drug-likeness (QED) is 0.170. The van der Waals surface area contributed by atoms with E-state index in [1.54, 1.807) is 79.9 Å². The largest absolute Gasteiger partial charge is 0.497 e. The highest BCUT2D eigenvalue weighted by Gasteiger charge is 2.34. The fourth-order valence-corrected chi connectivity index (χ4v) is 3.72. The average molecular weight is 537 g/mol. The lowest BCUT2D eigenvalue weighted by molar-refractivity contribution is -0.122.